The number of benzene rings is 2. The van der Waals surface area contributed by atoms with Crippen LogP contribution in [-0.4, -0.2) is 9.97 Å². The summed E-state index contributed by atoms with van der Waals surface area (Å²) in [7, 11) is 0. The molecule has 4 rings (SSSR count). The Hall–Kier alpha value is -3.62. The number of rotatable bonds is 0. The van der Waals surface area contributed by atoms with E-state index in [-0.39, 0.29) is 0 Å². The molecular formula is C22H12N2. The van der Waals surface area contributed by atoms with E-state index in [1.54, 1.807) is 12.4 Å². The molecule has 2 heteroatoms. The van der Waals surface area contributed by atoms with Crippen molar-refractivity contribution in [3.8, 4) is 23.7 Å². The lowest BCUT2D eigenvalue weighted by molar-refractivity contribution is 1.41. The van der Waals surface area contributed by atoms with E-state index in [4.69, 9.17) is 0 Å². The molecule has 0 fully saturated rings. The van der Waals surface area contributed by atoms with Gasteiger partial charge in [-0.25, -0.2) is 0 Å². The van der Waals surface area contributed by atoms with Gasteiger partial charge in [0.05, 0.1) is 11.0 Å². The molecule has 0 aliphatic rings. The van der Waals surface area contributed by atoms with Crippen LogP contribution in [0.3, 0.4) is 0 Å². The highest BCUT2D eigenvalue weighted by Gasteiger charge is 1.98. The van der Waals surface area contributed by atoms with Gasteiger partial charge in [0.25, 0.3) is 0 Å². The molecule has 24 heavy (non-hydrogen) atoms. The summed E-state index contributed by atoms with van der Waals surface area (Å²) in [6.07, 6.45) is 3.57. The third-order valence-corrected chi connectivity index (χ3v) is 3.75. The predicted molar refractivity (Wildman–Crippen MR) is 97.2 cm³/mol. The van der Waals surface area contributed by atoms with Crippen LogP contribution < -0.4 is 0 Å². The Morgan fingerprint density at radius 2 is 1.04 bits per heavy atom. The Bertz CT molecular complexity index is 1060. The monoisotopic (exact) mass is 304 g/mol. The van der Waals surface area contributed by atoms with Gasteiger partial charge in [-0.3, -0.25) is 9.97 Å². The summed E-state index contributed by atoms with van der Waals surface area (Å²) in [5.74, 6) is 12.1. The van der Waals surface area contributed by atoms with Gasteiger partial charge < -0.3 is 0 Å². The highest BCUT2D eigenvalue weighted by molar-refractivity contribution is 5.86. The average molecular weight is 304 g/mol. The second-order valence-electron chi connectivity index (χ2n) is 5.25. The Kier molecular flexibility index (Phi) is 3.64. The molecule has 4 aromatic rings. The molecule has 2 nitrogen and oxygen atoms in total. The van der Waals surface area contributed by atoms with Crippen molar-refractivity contribution in [1.82, 2.24) is 9.97 Å². The third kappa shape index (κ3) is 2.70. The normalized spacial score (nSPS) is 9.83. The SMILES string of the molecule is C(C#Cc1cccc2ncccc12)#Cc1cccc2ncccc12. The van der Waals surface area contributed by atoms with Gasteiger partial charge in [0.2, 0.25) is 0 Å². The molecule has 0 radical (unpaired) electrons. The van der Waals surface area contributed by atoms with Crippen molar-refractivity contribution in [2.75, 3.05) is 0 Å². The first-order valence-corrected chi connectivity index (χ1v) is 7.61. The van der Waals surface area contributed by atoms with E-state index < -0.39 is 0 Å². The fraction of sp³-hybridized carbons (Fsp3) is 0. The van der Waals surface area contributed by atoms with Crippen LogP contribution in [0.4, 0.5) is 0 Å². The van der Waals surface area contributed by atoms with Crippen molar-refractivity contribution < 1.29 is 0 Å². The maximum Gasteiger partial charge on any atom is 0.0714 e. The lowest BCUT2D eigenvalue weighted by Crippen LogP contribution is -1.82. The number of hydrogen-bond acceptors (Lipinski definition) is 2. The lowest BCUT2D eigenvalue weighted by atomic mass is 10.1. The maximum absolute atomic E-state index is 4.34. The molecule has 0 atom stereocenters. The number of aromatic nitrogens is 2. The molecule has 0 bridgehead atoms. The minimum Gasteiger partial charge on any atom is -0.256 e. The van der Waals surface area contributed by atoms with Gasteiger partial charge in [0.1, 0.15) is 0 Å². The highest BCUT2D eigenvalue weighted by atomic mass is 14.6. The van der Waals surface area contributed by atoms with E-state index in [2.05, 4.69) is 33.6 Å². The molecule has 0 saturated heterocycles. The number of hydrogen-bond donors (Lipinski definition) is 0. The standard InChI is InChI=1S/C22H12N2/c1(7-17-9-3-13-21-19(17)11-5-15-23-21)2-8-18-10-4-14-22-20(18)12-6-16-24-22/h3-6,9-16H. The van der Waals surface area contributed by atoms with Gasteiger partial charge >= 0.3 is 0 Å². The fourth-order valence-electron chi connectivity index (χ4n) is 2.62. The van der Waals surface area contributed by atoms with Gasteiger partial charge in [-0.15, -0.1) is 0 Å². The number of pyridine rings is 2. The summed E-state index contributed by atoms with van der Waals surface area (Å²) in [4.78, 5) is 8.68. The molecule has 0 saturated carbocycles. The number of nitrogens with zero attached hydrogens (tertiary/aromatic N) is 2. The van der Waals surface area contributed by atoms with Crippen LogP contribution in [0, 0.1) is 23.7 Å². The van der Waals surface area contributed by atoms with Crippen molar-refractivity contribution in [2.24, 2.45) is 0 Å². The molecule has 0 aliphatic carbocycles. The Morgan fingerprint density at radius 3 is 1.54 bits per heavy atom. The van der Waals surface area contributed by atoms with Crippen molar-refractivity contribution >= 4 is 21.8 Å². The van der Waals surface area contributed by atoms with Gasteiger partial charge in [-0.2, -0.15) is 0 Å². The largest absolute Gasteiger partial charge is 0.256 e. The Labute approximate surface area is 140 Å². The van der Waals surface area contributed by atoms with Gasteiger partial charge in [-0.1, -0.05) is 36.1 Å². The molecule has 2 aromatic carbocycles. The van der Waals surface area contributed by atoms with E-state index in [1.807, 2.05) is 60.7 Å². The zero-order valence-corrected chi connectivity index (χ0v) is 12.8. The third-order valence-electron chi connectivity index (χ3n) is 3.75. The molecule has 0 N–H and O–H groups in total. The van der Waals surface area contributed by atoms with Crippen LogP contribution in [0.25, 0.3) is 21.8 Å². The first kappa shape index (κ1) is 14.0. The average Bonchev–Trinajstić information content (AvgIpc) is 2.65. The quantitative estimate of drug-likeness (QED) is 0.455. The second-order valence-corrected chi connectivity index (χ2v) is 5.25. The maximum atomic E-state index is 4.34. The van der Waals surface area contributed by atoms with E-state index in [0.29, 0.717) is 0 Å². The minimum atomic E-state index is 0.939. The van der Waals surface area contributed by atoms with Crippen LogP contribution in [0.2, 0.25) is 0 Å². The molecule has 0 spiro atoms. The Morgan fingerprint density at radius 1 is 0.542 bits per heavy atom. The predicted octanol–water partition coefficient (Wildman–Crippen LogP) is 4.19. The van der Waals surface area contributed by atoms with Crippen molar-refractivity contribution in [3.05, 3.63) is 84.2 Å². The minimum absolute atomic E-state index is 0.939. The van der Waals surface area contributed by atoms with E-state index >= 15 is 0 Å². The van der Waals surface area contributed by atoms with Gasteiger partial charge in [0.15, 0.2) is 0 Å². The highest BCUT2D eigenvalue weighted by Crippen LogP contribution is 2.16. The summed E-state index contributed by atoms with van der Waals surface area (Å²) < 4.78 is 0. The molecule has 2 aromatic heterocycles. The summed E-state index contributed by atoms with van der Waals surface area (Å²) in [5.41, 5.74) is 3.76. The van der Waals surface area contributed by atoms with Gasteiger partial charge in [-0.05, 0) is 48.2 Å². The van der Waals surface area contributed by atoms with Crippen LogP contribution in [0.5, 0.6) is 0 Å². The summed E-state index contributed by atoms with van der Waals surface area (Å²) in [5, 5.41) is 2.09. The molecule has 110 valence electrons. The zero-order chi connectivity index (χ0) is 16.2. The first-order valence-electron chi connectivity index (χ1n) is 7.61. The topological polar surface area (TPSA) is 25.8 Å². The smallest absolute Gasteiger partial charge is 0.0714 e. The van der Waals surface area contributed by atoms with E-state index in [1.165, 1.54) is 0 Å². The molecular weight excluding hydrogens is 292 g/mol. The summed E-state index contributed by atoms with van der Waals surface area (Å²) in [6, 6.07) is 19.7. The molecule has 0 aliphatic heterocycles. The second kappa shape index (κ2) is 6.24. The molecule has 0 amide bonds. The van der Waals surface area contributed by atoms with Crippen molar-refractivity contribution in [1.29, 1.82) is 0 Å². The summed E-state index contributed by atoms with van der Waals surface area (Å²) >= 11 is 0. The Balaban J connectivity index is 1.71. The van der Waals surface area contributed by atoms with Crippen LogP contribution in [-0.2, 0) is 0 Å². The molecule has 0 unspecified atom stereocenters. The van der Waals surface area contributed by atoms with Crippen molar-refractivity contribution in [2.45, 2.75) is 0 Å². The van der Waals surface area contributed by atoms with Crippen molar-refractivity contribution in [3.63, 3.8) is 0 Å². The fourth-order valence-corrected chi connectivity index (χ4v) is 2.62. The lowest BCUT2D eigenvalue weighted by Gasteiger charge is -1.98. The zero-order valence-electron chi connectivity index (χ0n) is 12.8. The van der Waals surface area contributed by atoms with E-state index in [9.17, 15) is 0 Å². The van der Waals surface area contributed by atoms with Crippen LogP contribution in [0.15, 0.2) is 73.1 Å². The van der Waals surface area contributed by atoms with E-state index in [0.717, 1.165) is 32.9 Å². The molecule has 2 heterocycles. The van der Waals surface area contributed by atoms with Crippen LogP contribution in [0.1, 0.15) is 11.1 Å². The number of fused-ring (bicyclic) bond motifs is 2. The van der Waals surface area contributed by atoms with Crippen LogP contribution >= 0.6 is 0 Å². The summed E-state index contributed by atoms with van der Waals surface area (Å²) in [6.45, 7) is 0. The first-order chi connectivity index (χ1) is 11.9. The van der Waals surface area contributed by atoms with Gasteiger partial charge in [0, 0.05) is 34.3 Å².